The molecule has 2 fully saturated rings. The van der Waals surface area contributed by atoms with Gasteiger partial charge in [-0.1, -0.05) is 0 Å². The van der Waals surface area contributed by atoms with E-state index in [-0.39, 0.29) is 11.7 Å². The Morgan fingerprint density at radius 3 is 2.61 bits per heavy atom. The number of hydrogen-bond acceptors (Lipinski definition) is 6. The van der Waals surface area contributed by atoms with Crippen molar-refractivity contribution in [2.24, 2.45) is 11.8 Å². The van der Waals surface area contributed by atoms with E-state index in [0.717, 1.165) is 29.6 Å². The third-order valence-electron chi connectivity index (χ3n) is 6.01. The molecule has 8 nitrogen and oxygen atoms in total. The molecule has 28 heavy (non-hydrogen) atoms. The van der Waals surface area contributed by atoms with Crippen molar-refractivity contribution in [3.05, 3.63) is 40.7 Å². The first-order valence-electron chi connectivity index (χ1n) is 9.61. The van der Waals surface area contributed by atoms with Gasteiger partial charge in [0.1, 0.15) is 0 Å². The maximum absolute atomic E-state index is 11.7. The van der Waals surface area contributed by atoms with Crippen molar-refractivity contribution >= 4 is 16.6 Å². The maximum atomic E-state index is 11.7. The zero-order valence-corrected chi connectivity index (χ0v) is 15.9. The van der Waals surface area contributed by atoms with Crippen LogP contribution in [0, 0.1) is 11.8 Å². The van der Waals surface area contributed by atoms with Gasteiger partial charge in [-0.3, -0.25) is 9.97 Å². The van der Waals surface area contributed by atoms with E-state index in [4.69, 9.17) is 9.47 Å². The molecule has 3 aromatic rings. The van der Waals surface area contributed by atoms with Crippen molar-refractivity contribution in [3.63, 3.8) is 0 Å². The number of H-pyrrole nitrogens is 2. The summed E-state index contributed by atoms with van der Waals surface area (Å²) in [5.41, 5.74) is 1.66. The van der Waals surface area contributed by atoms with Crippen molar-refractivity contribution in [2.75, 3.05) is 25.7 Å². The lowest BCUT2D eigenvalue weighted by atomic mass is 9.94. The van der Waals surface area contributed by atoms with Gasteiger partial charge in [-0.25, -0.2) is 9.89 Å². The molecule has 2 atom stereocenters. The number of benzene rings is 1. The highest BCUT2D eigenvalue weighted by molar-refractivity contribution is 5.94. The van der Waals surface area contributed by atoms with Crippen LogP contribution >= 0.6 is 0 Å². The van der Waals surface area contributed by atoms with E-state index >= 15 is 0 Å². The number of aromatic nitrogens is 4. The van der Waals surface area contributed by atoms with Gasteiger partial charge in [-0.2, -0.15) is 5.10 Å². The second kappa shape index (κ2) is 6.54. The van der Waals surface area contributed by atoms with Crippen LogP contribution in [-0.2, 0) is 0 Å². The highest BCUT2D eigenvalue weighted by Crippen LogP contribution is 2.51. The summed E-state index contributed by atoms with van der Waals surface area (Å²) in [6.45, 7) is 0.911. The monoisotopic (exact) mass is 381 g/mol. The number of fused-ring (bicyclic) bond motifs is 1. The van der Waals surface area contributed by atoms with Crippen molar-refractivity contribution in [1.29, 1.82) is 0 Å². The molecule has 2 aromatic heterocycles. The summed E-state index contributed by atoms with van der Waals surface area (Å²) in [7, 11) is 3.26. The molecule has 1 aliphatic carbocycles. The Hall–Kier alpha value is -3.03. The van der Waals surface area contributed by atoms with Crippen LogP contribution in [0.25, 0.3) is 10.9 Å². The summed E-state index contributed by atoms with van der Waals surface area (Å²) in [5, 5.41) is 7.81. The van der Waals surface area contributed by atoms with Gasteiger partial charge in [-0.05, 0) is 43.2 Å². The maximum Gasteiger partial charge on any atom is 0.340 e. The lowest BCUT2D eigenvalue weighted by Crippen LogP contribution is -2.27. The van der Waals surface area contributed by atoms with Gasteiger partial charge in [0.25, 0.3) is 0 Å². The molecule has 1 saturated heterocycles. The fourth-order valence-electron chi connectivity index (χ4n) is 4.59. The Balaban J connectivity index is 1.64. The van der Waals surface area contributed by atoms with Crippen molar-refractivity contribution in [3.8, 4) is 11.5 Å². The van der Waals surface area contributed by atoms with Gasteiger partial charge in [0, 0.05) is 29.9 Å². The lowest BCUT2D eigenvalue weighted by molar-refractivity contribution is 0.356. The molecule has 1 saturated carbocycles. The van der Waals surface area contributed by atoms with Crippen LogP contribution in [-0.4, -0.2) is 40.9 Å². The summed E-state index contributed by atoms with van der Waals surface area (Å²) in [4.78, 5) is 21.5. The van der Waals surface area contributed by atoms with Crippen molar-refractivity contribution in [2.45, 2.75) is 25.3 Å². The smallest absolute Gasteiger partial charge is 0.340 e. The Morgan fingerprint density at radius 1 is 1.14 bits per heavy atom. The van der Waals surface area contributed by atoms with Gasteiger partial charge in [0.2, 0.25) is 0 Å². The molecule has 0 spiro atoms. The predicted octanol–water partition coefficient (Wildman–Crippen LogP) is 2.64. The van der Waals surface area contributed by atoms with Crippen LogP contribution < -0.4 is 20.1 Å². The van der Waals surface area contributed by atoms with E-state index in [1.54, 1.807) is 14.2 Å². The topological polar surface area (TPSA) is 96.1 Å². The molecular weight excluding hydrogens is 358 g/mol. The molecule has 1 aromatic carbocycles. The SMILES string of the molecule is COc1cc2nccc(N3CCC(C4CC4)C3c3n[nH]c(=O)[nH]3)c2cc1OC. The highest BCUT2D eigenvalue weighted by Gasteiger charge is 2.45. The first-order chi connectivity index (χ1) is 13.7. The minimum atomic E-state index is -0.262. The van der Waals surface area contributed by atoms with E-state index < -0.39 is 0 Å². The number of rotatable bonds is 5. The van der Waals surface area contributed by atoms with E-state index in [9.17, 15) is 4.79 Å². The third kappa shape index (κ3) is 2.71. The standard InChI is InChI=1S/C20H23N5O3/c1-27-16-9-13-14(10-17(16)28-2)21-7-5-15(13)25-8-6-12(11-3-4-11)18(25)19-22-20(26)24-23-19/h5,7,9-12,18H,3-4,6,8H2,1-2H3,(H2,22,23,24,26). The molecule has 2 aliphatic rings. The summed E-state index contributed by atoms with van der Waals surface area (Å²) in [5.74, 6) is 3.24. The summed E-state index contributed by atoms with van der Waals surface area (Å²) in [6, 6.07) is 5.95. The van der Waals surface area contributed by atoms with Crippen molar-refractivity contribution in [1.82, 2.24) is 20.2 Å². The Kier molecular flexibility index (Phi) is 3.99. The minimum absolute atomic E-state index is 0.0464. The van der Waals surface area contributed by atoms with Crippen LogP contribution in [0.15, 0.2) is 29.2 Å². The number of aromatic amines is 2. The average Bonchev–Trinajstić information content (AvgIpc) is 3.33. The minimum Gasteiger partial charge on any atom is -0.493 e. The molecule has 8 heteroatoms. The molecular formula is C20H23N5O3. The summed E-state index contributed by atoms with van der Waals surface area (Å²) in [6.07, 6.45) is 5.41. The second-order valence-corrected chi connectivity index (χ2v) is 7.55. The Morgan fingerprint density at radius 2 is 1.93 bits per heavy atom. The van der Waals surface area contributed by atoms with Gasteiger partial charge in [-0.15, -0.1) is 0 Å². The molecule has 1 aliphatic heterocycles. The Labute approximate surface area is 161 Å². The van der Waals surface area contributed by atoms with E-state index in [1.165, 1.54) is 12.8 Å². The first kappa shape index (κ1) is 17.1. The fourth-order valence-corrected chi connectivity index (χ4v) is 4.59. The zero-order valence-electron chi connectivity index (χ0n) is 15.9. The lowest BCUT2D eigenvalue weighted by Gasteiger charge is -2.29. The van der Waals surface area contributed by atoms with Gasteiger partial charge in [0.05, 0.1) is 25.8 Å². The van der Waals surface area contributed by atoms with Gasteiger partial charge >= 0.3 is 5.69 Å². The van der Waals surface area contributed by atoms with Crippen LogP contribution in [0.4, 0.5) is 5.69 Å². The molecule has 2 N–H and O–H groups in total. The number of ether oxygens (including phenoxy) is 2. The van der Waals surface area contributed by atoms with E-state index in [1.807, 2.05) is 24.4 Å². The summed E-state index contributed by atoms with van der Waals surface area (Å²) < 4.78 is 10.9. The highest BCUT2D eigenvalue weighted by atomic mass is 16.5. The normalized spacial score (nSPS) is 22.0. The second-order valence-electron chi connectivity index (χ2n) is 7.55. The number of nitrogens with zero attached hydrogens (tertiary/aromatic N) is 3. The van der Waals surface area contributed by atoms with E-state index in [0.29, 0.717) is 29.2 Å². The number of pyridine rings is 1. The fraction of sp³-hybridized carbons (Fsp3) is 0.450. The molecule has 0 amide bonds. The molecule has 146 valence electrons. The zero-order chi connectivity index (χ0) is 19.3. The molecule has 0 bridgehead atoms. The third-order valence-corrected chi connectivity index (χ3v) is 6.01. The number of hydrogen-bond donors (Lipinski definition) is 2. The summed E-state index contributed by atoms with van der Waals surface area (Å²) >= 11 is 0. The van der Waals surface area contributed by atoms with Gasteiger partial charge < -0.3 is 14.4 Å². The molecule has 5 rings (SSSR count). The van der Waals surface area contributed by atoms with Crippen LogP contribution in [0.3, 0.4) is 0 Å². The van der Waals surface area contributed by atoms with Crippen LogP contribution in [0.5, 0.6) is 11.5 Å². The molecule has 2 unspecified atom stereocenters. The predicted molar refractivity (Wildman–Crippen MR) is 105 cm³/mol. The molecule has 3 heterocycles. The van der Waals surface area contributed by atoms with Crippen molar-refractivity contribution < 1.29 is 9.47 Å². The number of anilines is 1. The number of methoxy groups -OCH3 is 2. The van der Waals surface area contributed by atoms with Gasteiger partial charge in [0.15, 0.2) is 17.3 Å². The number of nitrogens with one attached hydrogen (secondary N) is 2. The Bertz CT molecular complexity index is 1070. The first-order valence-corrected chi connectivity index (χ1v) is 9.61. The molecule has 0 radical (unpaired) electrons. The van der Waals surface area contributed by atoms with E-state index in [2.05, 4.69) is 25.1 Å². The quantitative estimate of drug-likeness (QED) is 0.705. The largest absolute Gasteiger partial charge is 0.493 e. The van der Waals surface area contributed by atoms with Crippen LogP contribution in [0.1, 0.15) is 31.1 Å². The average molecular weight is 381 g/mol. The van der Waals surface area contributed by atoms with Crippen LogP contribution in [0.2, 0.25) is 0 Å².